The van der Waals surface area contributed by atoms with Gasteiger partial charge in [-0.2, -0.15) is 0 Å². The maximum atomic E-state index is 10.8. The third-order valence-corrected chi connectivity index (χ3v) is 2.16. The van der Waals surface area contributed by atoms with Crippen LogP contribution in [0.2, 0.25) is 0 Å². The van der Waals surface area contributed by atoms with Crippen LogP contribution in [0.1, 0.15) is 21.7 Å². The third kappa shape index (κ3) is 1.29. The Bertz CT molecular complexity index is 487. The molecule has 0 saturated carbocycles. The van der Waals surface area contributed by atoms with Crippen molar-refractivity contribution in [3.63, 3.8) is 0 Å². The zero-order valence-electron chi connectivity index (χ0n) is 7.87. The Morgan fingerprint density at radius 2 is 2.36 bits per heavy atom. The van der Waals surface area contributed by atoms with Crippen molar-refractivity contribution < 1.29 is 4.79 Å². The average molecular weight is 189 g/mol. The zero-order chi connectivity index (χ0) is 10.1. The standard InChI is InChI=1S/C10H11N3O/c1-6-12-9-3-7(4-11)2-8(5-14)10(9)13-6/h2-3,5H,4,11H2,1H3,(H,12,13). The van der Waals surface area contributed by atoms with Crippen molar-refractivity contribution in [3.05, 3.63) is 29.1 Å². The first kappa shape index (κ1) is 8.90. The summed E-state index contributed by atoms with van der Waals surface area (Å²) in [5, 5.41) is 0. The largest absolute Gasteiger partial charge is 0.342 e. The third-order valence-electron chi connectivity index (χ3n) is 2.16. The Morgan fingerprint density at radius 1 is 1.57 bits per heavy atom. The van der Waals surface area contributed by atoms with E-state index < -0.39 is 0 Å². The van der Waals surface area contributed by atoms with Crippen molar-refractivity contribution in [2.24, 2.45) is 5.73 Å². The number of nitrogens with one attached hydrogen (secondary N) is 1. The van der Waals surface area contributed by atoms with Gasteiger partial charge in [-0.1, -0.05) is 0 Å². The summed E-state index contributed by atoms with van der Waals surface area (Å²) in [5.41, 5.74) is 8.63. The number of nitrogens with two attached hydrogens (primary N) is 1. The molecule has 0 fully saturated rings. The highest BCUT2D eigenvalue weighted by Gasteiger charge is 2.06. The van der Waals surface area contributed by atoms with Crippen LogP contribution in [0.3, 0.4) is 0 Å². The van der Waals surface area contributed by atoms with E-state index in [-0.39, 0.29) is 0 Å². The van der Waals surface area contributed by atoms with Crippen molar-refractivity contribution in [2.75, 3.05) is 0 Å². The van der Waals surface area contributed by atoms with Crippen molar-refractivity contribution >= 4 is 17.3 Å². The fraction of sp³-hybridized carbons (Fsp3) is 0.200. The number of aldehydes is 1. The number of carbonyl (C=O) groups excluding carboxylic acids is 1. The molecule has 2 rings (SSSR count). The lowest BCUT2D eigenvalue weighted by Gasteiger charge is -1.98. The van der Waals surface area contributed by atoms with Crippen LogP contribution < -0.4 is 5.73 Å². The van der Waals surface area contributed by atoms with E-state index in [1.165, 1.54) is 0 Å². The number of imidazole rings is 1. The molecule has 4 nitrogen and oxygen atoms in total. The van der Waals surface area contributed by atoms with E-state index in [4.69, 9.17) is 5.73 Å². The van der Waals surface area contributed by atoms with Gasteiger partial charge in [-0.25, -0.2) is 4.98 Å². The lowest BCUT2D eigenvalue weighted by Crippen LogP contribution is -1.97. The van der Waals surface area contributed by atoms with Crippen LogP contribution in [-0.2, 0) is 6.54 Å². The summed E-state index contributed by atoms with van der Waals surface area (Å²) in [6, 6.07) is 3.69. The molecule has 3 N–H and O–H groups in total. The molecule has 72 valence electrons. The Labute approximate surface area is 81.1 Å². The van der Waals surface area contributed by atoms with E-state index in [1.807, 2.05) is 13.0 Å². The van der Waals surface area contributed by atoms with Gasteiger partial charge in [0.15, 0.2) is 6.29 Å². The highest BCUT2D eigenvalue weighted by Crippen LogP contribution is 2.17. The maximum Gasteiger partial charge on any atom is 0.152 e. The van der Waals surface area contributed by atoms with Gasteiger partial charge in [0.05, 0.1) is 11.0 Å². The number of benzene rings is 1. The number of aromatic amines is 1. The van der Waals surface area contributed by atoms with Gasteiger partial charge in [0.2, 0.25) is 0 Å². The molecule has 4 heteroatoms. The second-order valence-corrected chi connectivity index (χ2v) is 3.23. The molecule has 0 amide bonds. The lowest BCUT2D eigenvalue weighted by molar-refractivity contribution is 0.112. The monoisotopic (exact) mass is 189 g/mol. The number of hydrogen-bond donors (Lipinski definition) is 2. The van der Waals surface area contributed by atoms with Gasteiger partial charge in [0, 0.05) is 12.1 Å². The molecule has 0 saturated heterocycles. The highest BCUT2D eigenvalue weighted by atomic mass is 16.1. The number of aryl methyl sites for hydroxylation is 1. The molecule has 0 radical (unpaired) electrons. The van der Waals surface area contributed by atoms with Crippen LogP contribution in [0.15, 0.2) is 12.1 Å². The highest BCUT2D eigenvalue weighted by molar-refractivity contribution is 5.94. The van der Waals surface area contributed by atoms with E-state index >= 15 is 0 Å². The lowest BCUT2D eigenvalue weighted by atomic mass is 10.1. The summed E-state index contributed by atoms with van der Waals surface area (Å²) >= 11 is 0. The first-order valence-electron chi connectivity index (χ1n) is 4.39. The quantitative estimate of drug-likeness (QED) is 0.696. The predicted molar refractivity (Wildman–Crippen MR) is 54.1 cm³/mol. The topological polar surface area (TPSA) is 71.8 Å². The number of aromatic nitrogens is 2. The van der Waals surface area contributed by atoms with Crippen LogP contribution in [0, 0.1) is 6.92 Å². The summed E-state index contributed by atoms with van der Waals surface area (Å²) in [5.74, 6) is 0.803. The van der Waals surface area contributed by atoms with Gasteiger partial charge in [0.1, 0.15) is 5.82 Å². The first-order chi connectivity index (χ1) is 6.74. The molecule has 0 aliphatic rings. The summed E-state index contributed by atoms with van der Waals surface area (Å²) in [4.78, 5) is 18.1. The number of rotatable bonds is 2. The molecule has 1 aromatic heterocycles. The molecule has 0 aliphatic heterocycles. The number of hydrogen-bond acceptors (Lipinski definition) is 3. The predicted octanol–water partition coefficient (Wildman–Crippen LogP) is 1.14. The van der Waals surface area contributed by atoms with Gasteiger partial charge in [-0.3, -0.25) is 4.79 Å². The number of carbonyl (C=O) groups is 1. The van der Waals surface area contributed by atoms with Crippen molar-refractivity contribution in [3.8, 4) is 0 Å². The van der Waals surface area contributed by atoms with Crippen LogP contribution in [-0.4, -0.2) is 16.3 Å². The molecule has 14 heavy (non-hydrogen) atoms. The minimum Gasteiger partial charge on any atom is -0.342 e. The fourth-order valence-corrected chi connectivity index (χ4v) is 1.54. The Balaban J connectivity index is 2.78. The summed E-state index contributed by atoms with van der Waals surface area (Å²) in [7, 11) is 0. The van der Waals surface area contributed by atoms with Gasteiger partial charge in [0.25, 0.3) is 0 Å². The molecular formula is C10H11N3O. The van der Waals surface area contributed by atoms with Gasteiger partial charge >= 0.3 is 0 Å². The summed E-state index contributed by atoms with van der Waals surface area (Å²) in [6.07, 6.45) is 0.807. The smallest absolute Gasteiger partial charge is 0.152 e. The van der Waals surface area contributed by atoms with Gasteiger partial charge < -0.3 is 10.7 Å². The summed E-state index contributed by atoms with van der Waals surface area (Å²) in [6.45, 7) is 2.28. The second-order valence-electron chi connectivity index (χ2n) is 3.23. The van der Waals surface area contributed by atoms with Crippen molar-refractivity contribution in [1.82, 2.24) is 9.97 Å². The first-order valence-corrected chi connectivity index (χ1v) is 4.39. The van der Waals surface area contributed by atoms with Crippen molar-refractivity contribution in [2.45, 2.75) is 13.5 Å². The van der Waals surface area contributed by atoms with Crippen LogP contribution in [0.4, 0.5) is 0 Å². The molecule has 1 aromatic carbocycles. The maximum absolute atomic E-state index is 10.8. The normalized spacial score (nSPS) is 10.7. The van der Waals surface area contributed by atoms with Gasteiger partial charge in [-0.05, 0) is 24.6 Å². The molecule has 1 heterocycles. The average Bonchev–Trinajstić information content (AvgIpc) is 2.56. The molecule has 0 bridgehead atoms. The van der Waals surface area contributed by atoms with E-state index in [0.717, 1.165) is 28.7 Å². The summed E-state index contributed by atoms with van der Waals surface area (Å²) < 4.78 is 0. The second kappa shape index (κ2) is 3.23. The van der Waals surface area contributed by atoms with E-state index in [0.29, 0.717) is 12.1 Å². The molecule has 0 unspecified atom stereocenters. The van der Waals surface area contributed by atoms with Crippen LogP contribution >= 0.6 is 0 Å². The van der Waals surface area contributed by atoms with E-state index in [9.17, 15) is 4.79 Å². The minimum atomic E-state index is 0.425. The molecular weight excluding hydrogens is 178 g/mol. The number of nitrogens with zero attached hydrogens (tertiary/aromatic N) is 1. The Morgan fingerprint density at radius 3 is 3.00 bits per heavy atom. The fourth-order valence-electron chi connectivity index (χ4n) is 1.54. The molecule has 0 atom stereocenters. The zero-order valence-corrected chi connectivity index (χ0v) is 7.87. The SMILES string of the molecule is Cc1nc2c(C=O)cc(CN)cc2[nH]1. The number of H-pyrrole nitrogens is 1. The molecule has 0 aliphatic carbocycles. The Hall–Kier alpha value is -1.68. The van der Waals surface area contributed by atoms with E-state index in [2.05, 4.69) is 9.97 Å². The van der Waals surface area contributed by atoms with Crippen molar-refractivity contribution in [1.29, 1.82) is 0 Å². The van der Waals surface area contributed by atoms with Crippen LogP contribution in [0.25, 0.3) is 11.0 Å². The number of fused-ring (bicyclic) bond motifs is 1. The molecule has 0 spiro atoms. The van der Waals surface area contributed by atoms with E-state index in [1.54, 1.807) is 6.07 Å². The van der Waals surface area contributed by atoms with Crippen LogP contribution in [0.5, 0.6) is 0 Å². The molecule has 2 aromatic rings. The minimum absolute atomic E-state index is 0.425. The Kier molecular flexibility index (Phi) is 2.05. The van der Waals surface area contributed by atoms with Gasteiger partial charge in [-0.15, -0.1) is 0 Å².